The molecule has 166 valence electrons. The predicted molar refractivity (Wildman–Crippen MR) is 105 cm³/mol. The molecule has 1 fully saturated rings. The maximum atomic E-state index is 13.9. The summed E-state index contributed by atoms with van der Waals surface area (Å²) < 4.78 is 66.9. The lowest BCUT2D eigenvalue weighted by Gasteiger charge is -2.33. The minimum atomic E-state index is -4.23. The Morgan fingerprint density at radius 3 is 2.29 bits per heavy atom. The Labute approximate surface area is 176 Å². The Morgan fingerprint density at radius 1 is 0.935 bits per heavy atom. The monoisotopic (exact) mass is 456 g/mol. The number of piperazine rings is 1. The maximum absolute atomic E-state index is 13.9. The molecule has 2 aromatic rings. The number of benzene rings is 2. The molecule has 1 heterocycles. The Balaban J connectivity index is 1.51. The summed E-state index contributed by atoms with van der Waals surface area (Å²) in [5.74, 6) is -3.24. The summed E-state index contributed by atoms with van der Waals surface area (Å²) in [4.78, 5) is 24.7. The number of imide groups is 1. The van der Waals surface area contributed by atoms with E-state index in [0.29, 0.717) is 6.07 Å². The van der Waals surface area contributed by atoms with Gasteiger partial charge in [-0.2, -0.15) is 4.31 Å². The zero-order valence-corrected chi connectivity index (χ0v) is 17.0. The van der Waals surface area contributed by atoms with E-state index in [-0.39, 0.29) is 38.4 Å². The number of carbonyl (C=O) groups excluding carboxylic acids is 2. The fourth-order valence-corrected chi connectivity index (χ4v) is 4.53. The van der Waals surface area contributed by atoms with Gasteiger partial charge >= 0.3 is 6.03 Å². The average Bonchev–Trinajstić information content (AvgIpc) is 2.71. The lowest BCUT2D eigenvalue weighted by Crippen LogP contribution is -2.51. The number of carbonyl (C=O) groups is 2. The van der Waals surface area contributed by atoms with Gasteiger partial charge in [-0.25, -0.2) is 26.4 Å². The molecule has 0 spiro atoms. The van der Waals surface area contributed by atoms with Crippen LogP contribution in [-0.4, -0.2) is 62.3 Å². The molecule has 0 saturated carbocycles. The van der Waals surface area contributed by atoms with Crippen LogP contribution in [0.15, 0.2) is 47.4 Å². The number of para-hydroxylation sites is 1. The first-order chi connectivity index (χ1) is 14.7. The number of amides is 3. The van der Waals surface area contributed by atoms with Gasteiger partial charge in [0.2, 0.25) is 15.9 Å². The van der Waals surface area contributed by atoms with Gasteiger partial charge in [-0.3, -0.25) is 15.0 Å². The van der Waals surface area contributed by atoms with Gasteiger partial charge in [0, 0.05) is 26.2 Å². The molecule has 1 aliphatic heterocycles. The SMILES string of the molecule is O=C(CN1CCN(S(=O)(=O)c2cc(F)ccc2F)CC1)NC(=O)Nc1ccccc1F. The Hall–Kier alpha value is -2.96. The molecule has 2 N–H and O–H groups in total. The number of hydrogen-bond donors (Lipinski definition) is 2. The van der Waals surface area contributed by atoms with E-state index in [1.54, 1.807) is 4.90 Å². The molecule has 3 rings (SSSR count). The second-order valence-electron chi connectivity index (χ2n) is 6.74. The normalized spacial score (nSPS) is 15.5. The number of rotatable bonds is 5. The minimum Gasteiger partial charge on any atom is -0.305 e. The number of hydrogen-bond acceptors (Lipinski definition) is 5. The zero-order chi connectivity index (χ0) is 22.6. The summed E-state index contributed by atoms with van der Waals surface area (Å²) in [6.07, 6.45) is 0. The first kappa shape index (κ1) is 22.7. The van der Waals surface area contributed by atoms with Gasteiger partial charge < -0.3 is 5.32 Å². The molecule has 0 atom stereocenters. The molecular weight excluding hydrogens is 437 g/mol. The predicted octanol–water partition coefficient (Wildman–Crippen LogP) is 1.76. The molecule has 12 heteroatoms. The molecule has 0 unspecified atom stereocenters. The minimum absolute atomic E-state index is 0.0486. The van der Waals surface area contributed by atoms with Gasteiger partial charge in [-0.05, 0) is 30.3 Å². The number of nitrogens with zero attached hydrogens (tertiary/aromatic N) is 2. The number of nitrogens with one attached hydrogen (secondary N) is 2. The van der Waals surface area contributed by atoms with Gasteiger partial charge in [-0.1, -0.05) is 12.1 Å². The highest BCUT2D eigenvalue weighted by atomic mass is 32.2. The highest BCUT2D eigenvalue weighted by Crippen LogP contribution is 2.21. The Kier molecular flexibility index (Phi) is 6.93. The summed E-state index contributed by atoms with van der Waals surface area (Å²) in [5.41, 5.74) is -0.0869. The number of halogens is 3. The van der Waals surface area contributed by atoms with Gasteiger partial charge in [0.15, 0.2) is 0 Å². The molecule has 0 aromatic heterocycles. The van der Waals surface area contributed by atoms with E-state index < -0.39 is 44.3 Å². The molecular formula is C19H19F3N4O4S. The zero-order valence-electron chi connectivity index (χ0n) is 16.1. The van der Waals surface area contributed by atoms with Crippen LogP contribution < -0.4 is 10.6 Å². The molecule has 8 nitrogen and oxygen atoms in total. The molecule has 0 bridgehead atoms. The van der Waals surface area contributed by atoms with E-state index >= 15 is 0 Å². The molecule has 1 aliphatic rings. The van der Waals surface area contributed by atoms with Crippen LogP contribution in [0.25, 0.3) is 0 Å². The fraction of sp³-hybridized carbons (Fsp3) is 0.263. The fourth-order valence-electron chi connectivity index (χ4n) is 3.03. The van der Waals surface area contributed by atoms with Crippen molar-refractivity contribution in [2.24, 2.45) is 0 Å². The van der Waals surface area contributed by atoms with Crippen LogP contribution in [0.5, 0.6) is 0 Å². The quantitative estimate of drug-likeness (QED) is 0.715. The van der Waals surface area contributed by atoms with Crippen LogP contribution in [0, 0.1) is 17.5 Å². The van der Waals surface area contributed by atoms with Crippen molar-refractivity contribution >= 4 is 27.6 Å². The van der Waals surface area contributed by atoms with E-state index in [4.69, 9.17) is 0 Å². The van der Waals surface area contributed by atoms with Crippen molar-refractivity contribution in [1.29, 1.82) is 0 Å². The number of sulfonamides is 1. The van der Waals surface area contributed by atoms with Crippen LogP contribution in [0.2, 0.25) is 0 Å². The van der Waals surface area contributed by atoms with Crippen LogP contribution >= 0.6 is 0 Å². The lowest BCUT2D eigenvalue weighted by atomic mass is 10.3. The van der Waals surface area contributed by atoms with Crippen molar-refractivity contribution < 1.29 is 31.2 Å². The van der Waals surface area contributed by atoms with Crippen molar-refractivity contribution in [2.45, 2.75) is 4.90 Å². The molecule has 31 heavy (non-hydrogen) atoms. The van der Waals surface area contributed by atoms with E-state index in [0.717, 1.165) is 22.5 Å². The lowest BCUT2D eigenvalue weighted by molar-refractivity contribution is -0.121. The van der Waals surface area contributed by atoms with Crippen LogP contribution in [-0.2, 0) is 14.8 Å². The average molecular weight is 456 g/mol. The summed E-state index contributed by atoms with van der Waals surface area (Å²) in [5, 5.41) is 4.28. The third-order valence-corrected chi connectivity index (χ3v) is 6.50. The molecule has 0 aliphatic carbocycles. The largest absolute Gasteiger partial charge is 0.326 e. The standard InChI is InChI=1S/C19H19F3N4O4S/c20-13-5-6-15(22)17(11-13)31(29,30)26-9-7-25(8-10-26)12-18(27)24-19(28)23-16-4-2-1-3-14(16)21/h1-6,11H,7-10,12H2,(H2,23,24,27,28). The van der Waals surface area contributed by atoms with Gasteiger partial charge in [0.05, 0.1) is 12.2 Å². The third-order valence-electron chi connectivity index (χ3n) is 4.58. The highest BCUT2D eigenvalue weighted by molar-refractivity contribution is 7.89. The van der Waals surface area contributed by atoms with Gasteiger partial charge in [0.1, 0.15) is 22.3 Å². The smallest absolute Gasteiger partial charge is 0.305 e. The van der Waals surface area contributed by atoms with Crippen molar-refractivity contribution in [2.75, 3.05) is 38.0 Å². The Bertz CT molecular complexity index is 1090. The van der Waals surface area contributed by atoms with E-state index in [2.05, 4.69) is 10.6 Å². The Morgan fingerprint density at radius 2 is 1.61 bits per heavy atom. The van der Waals surface area contributed by atoms with Crippen molar-refractivity contribution in [1.82, 2.24) is 14.5 Å². The molecule has 3 amide bonds. The first-order valence-electron chi connectivity index (χ1n) is 9.20. The number of urea groups is 1. The van der Waals surface area contributed by atoms with Crippen LogP contribution in [0.1, 0.15) is 0 Å². The molecule has 0 radical (unpaired) electrons. The first-order valence-corrected chi connectivity index (χ1v) is 10.6. The van der Waals surface area contributed by atoms with Crippen molar-refractivity contribution in [3.8, 4) is 0 Å². The topological polar surface area (TPSA) is 98.8 Å². The van der Waals surface area contributed by atoms with Crippen LogP contribution in [0.3, 0.4) is 0 Å². The second-order valence-corrected chi connectivity index (χ2v) is 8.64. The summed E-state index contributed by atoms with van der Waals surface area (Å²) in [7, 11) is -4.23. The van der Waals surface area contributed by atoms with E-state index in [9.17, 15) is 31.2 Å². The second kappa shape index (κ2) is 9.45. The summed E-state index contributed by atoms with van der Waals surface area (Å²) in [6, 6.07) is 6.75. The van der Waals surface area contributed by atoms with E-state index in [1.807, 2.05) is 0 Å². The summed E-state index contributed by atoms with van der Waals surface area (Å²) in [6.45, 7) is -0.0239. The molecule has 1 saturated heterocycles. The van der Waals surface area contributed by atoms with Gasteiger partial charge in [0.25, 0.3) is 0 Å². The highest BCUT2D eigenvalue weighted by Gasteiger charge is 2.31. The third kappa shape index (κ3) is 5.60. The van der Waals surface area contributed by atoms with Gasteiger partial charge in [-0.15, -0.1) is 0 Å². The van der Waals surface area contributed by atoms with E-state index in [1.165, 1.54) is 18.2 Å². The van der Waals surface area contributed by atoms with Crippen molar-refractivity contribution in [3.63, 3.8) is 0 Å². The number of anilines is 1. The van der Waals surface area contributed by atoms with Crippen molar-refractivity contribution in [3.05, 3.63) is 59.9 Å². The molecule has 2 aromatic carbocycles. The summed E-state index contributed by atoms with van der Waals surface area (Å²) >= 11 is 0. The maximum Gasteiger partial charge on any atom is 0.326 e. The van der Waals surface area contributed by atoms with Crippen LogP contribution in [0.4, 0.5) is 23.7 Å².